The first kappa shape index (κ1) is 13.8. The van der Waals surface area contributed by atoms with Gasteiger partial charge in [0.25, 0.3) is 0 Å². The van der Waals surface area contributed by atoms with E-state index in [9.17, 15) is 4.79 Å². The van der Waals surface area contributed by atoms with E-state index in [0.717, 1.165) is 45.4 Å². The Morgan fingerprint density at radius 1 is 1.50 bits per heavy atom. The Morgan fingerprint density at radius 3 is 3.17 bits per heavy atom. The van der Waals surface area contributed by atoms with Gasteiger partial charge < -0.3 is 10.2 Å². The van der Waals surface area contributed by atoms with Crippen molar-refractivity contribution in [3.05, 3.63) is 21.9 Å². The Labute approximate surface area is 118 Å². The molecule has 1 N–H and O–H groups in total. The molecule has 2 aliphatic rings. The molecule has 0 aliphatic carbocycles. The molecule has 1 aromatic rings. The Morgan fingerprint density at radius 2 is 2.39 bits per heavy atom. The molecule has 5 heteroatoms. The molecule has 0 unspecified atom stereocenters. The Hall–Kier alpha value is -0.580. The first-order chi connectivity index (χ1) is 8.34. The van der Waals surface area contributed by atoms with E-state index in [1.54, 1.807) is 0 Å². The molecule has 3 nitrogen and oxygen atoms in total. The van der Waals surface area contributed by atoms with E-state index in [0.29, 0.717) is 5.91 Å². The number of nitrogens with one attached hydrogen (secondary N) is 1. The van der Waals surface area contributed by atoms with E-state index in [1.165, 1.54) is 10.4 Å². The summed E-state index contributed by atoms with van der Waals surface area (Å²) in [7, 11) is 0. The number of nitrogens with zero attached hydrogens (tertiary/aromatic N) is 1. The maximum absolute atomic E-state index is 12.4. The first-order valence-electron chi connectivity index (χ1n) is 6.39. The molecule has 1 fully saturated rings. The summed E-state index contributed by atoms with van der Waals surface area (Å²) in [6.07, 6.45) is 3.23. The molecule has 0 saturated carbocycles. The number of fused-ring (bicyclic) bond motifs is 1. The number of hydrogen-bond acceptors (Lipinski definition) is 3. The highest BCUT2D eigenvalue weighted by Gasteiger charge is 2.28. The lowest BCUT2D eigenvalue weighted by atomic mass is 9.97. The van der Waals surface area contributed by atoms with Gasteiger partial charge in [-0.25, -0.2) is 0 Å². The Bertz CT molecular complexity index is 415. The molecular weight excluding hydrogens is 268 g/mol. The monoisotopic (exact) mass is 286 g/mol. The van der Waals surface area contributed by atoms with Gasteiger partial charge in [0.1, 0.15) is 0 Å². The van der Waals surface area contributed by atoms with Gasteiger partial charge in [-0.3, -0.25) is 4.79 Å². The van der Waals surface area contributed by atoms with E-state index in [4.69, 9.17) is 0 Å². The van der Waals surface area contributed by atoms with Gasteiger partial charge in [-0.2, -0.15) is 0 Å². The van der Waals surface area contributed by atoms with Crippen molar-refractivity contribution in [2.45, 2.75) is 25.8 Å². The van der Waals surface area contributed by atoms with Gasteiger partial charge in [-0.15, -0.1) is 23.7 Å². The summed E-state index contributed by atoms with van der Waals surface area (Å²) >= 11 is 1.82. The predicted octanol–water partition coefficient (Wildman–Crippen LogP) is 2.05. The van der Waals surface area contributed by atoms with Crippen LogP contribution >= 0.6 is 23.7 Å². The van der Waals surface area contributed by atoms with Gasteiger partial charge in [-0.05, 0) is 42.8 Å². The van der Waals surface area contributed by atoms with Crippen LogP contribution in [0.15, 0.2) is 11.4 Å². The van der Waals surface area contributed by atoms with Crippen LogP contribution in [-0.2, 0) is 17.8 Å². The lowest BCUT2D eigenvalue weighted by Crippen LogP contribution is -2.44. The summed E-state index contributed by atoms with van der Waals surface area (Å²) in [5, 5.41) is 5.46. The summed E-state index contributed by atoms with van der Waals surface area (Å²) in [6.45, 7) is 3.67. The van der Waals surface area contributed by atoms with Crippen molar-refractivity contribution in [3.63, 3.8) is 0 Å². The minimum Gasteiger partial charge on any atom is -0.338 e. The maximum atomic E-state index is 12.4. The molecular formula is C13H19ClN2OS. The van der Waals surface area contributed by atoms with Crippen LogP contribution in [0, 0.1) is 5.92 Å². The largest absolute Gasteiger partial charge is 0.338 e. The zero-order chi connectivity index (χ0) is 11.7. The quantitative estimate of drug-likeness (QED) is 0.857. The summed E-state index contributed by atoms with van der Waals surface area (Å²) in [4.78, 5) is 15.9. The molecule has 0 bridgehead atoms. The molecule has 100 valence electrons. The second-order valence-corrected chi connectivity index (χ2v) is 5.92. The molecule has 0 radical (unpaired) electrons. The van der Waals surface area contributed by atoms with Crippen LogP contribution in [0.25, 0.3) is 0 Å². The summed E-state index contributed by atoms with van der Waals surface area (Å²) in [6, 6.07) is 2.17. The second-order valence-electron chi connectivity index (χ2n) is 4.92. The Kier molecular flexibility index (Phi) is 4.65. The molecule has 1 saturated heterocycles. The third-order valence-corrected chi connectivity index (χ3v) is 4.79. The van der Waals surface area contributed by atoms with Crippen LogP contribution in [0.2, 0.25) is 0 Å². The highest BCUT2D eigenvalue weighted by molar-refractivity contribution is 7.10. The predicted molar refractivity (Wildman–Crippen MR) is 76.3 cm³/mol. The van der Waals surface area contributed by atoms with Gasteiger partial charge in [0.05, 0.1) is 5.92 Å². The Balaban J connectivity index is 0.00000120. The highest BCUT2D eigenvalue weighted by Crippen LogP contribution is 2.25. The van der Waals surface area contributed by atoms with Gasteiger partial charge in [0.15, 0.2) is 0 Å². The van der Waals surface area contributed by atoms with E-state index in [1.807, 2.05) is 16.2 Å². The van der Waals surface area contributed by atoms with Crippen molar-refractivity contribution in [1.82, 2.24) is 10.2 Å². The fourth-order valence-corrected chi connectivity index (χ4v) is 3.65. The number of piperidine rings is 1. The van der Waals surface area contributed by atoms with Crippen molar-refractivity contribution in [2.24, 2.45) is 5.92 Å². The molecule has 18 heavy (non-hydrogen) atoms. The minimum absolute atomic E-state index is 0. The molecule has 1 atom stereocenters. The maximum Gasteiger partial charge on any atom is 0.227 e. The number of carbonyl (C=O) groups is 1. The lowest BCUT2D eigenvalue weighted by Gasteiger charge is -2.32. The van der Waals surface area contributed by atoms with E-state index < -0.39 is 0 Å². The zero-order valence-electron chi connectivity index (χ0n) is 10.4. The average molecular weight is 287 g/mol. The molecule has 0 spiro atoms. The second kappa shape index (κ2) is 6.04. The van der Waals surface area contributed by atoms with Gasteiger partial charge >= 0.3 is 0 Å². The third kappa shape index (κ3) is 2.71. The topological polar surface area (TPSA) is 32.3 Å². The van der Waals surface area contributed by atoms with Gasteiger partial charge in [0, 0.05) is 24.5 Å². The van der Waals surface area contributed by atoms with E-state index in [-0.39, 0.29) is 18.3 Å². The van der Waals surface area contributed by atoms with Crippen LogP contribution in [0.1, 0.15) is 23.3 Å². The van der Waals surface area contributed by atoms with Gasteiger partial charge in [-0.1, -0.05) is 0 Å². The number of hydrogen-bond donors (Lipinski definition) is 1. The highest BCUT2D eigenvalue weighted by atomic mass is 35.5. The van der Waals surface area contributed by atoms with Crippen LogP contribution in [0.3, 0.4) is 0 Å². The standard InChI is InChI=1S/C13H18N2OS.ClH/c16-13(10-2-1-5-14-8-10)15-6-3-12-11(9-15)4-7-17-12;/h4,7,10,14H,1-3,5-6,8-9H2;1H/t10-;/m1./s1. The van der Waals surface area contributed by atoms with E-state index in [2.05, 4.69) is 16.8 Å². The minimum atomic E-state index is 0. The number of rotatable bonds is 1. The van der Waals surface area contributed by atoms with Crippen LogP contribution in [0.4, 0.5) is 0 Å². The summed E-state index contributed by atoms with van der Waals surface area (Å²) in [5.41, 5.74) is 1.36. The third-order valence-electron chi connectivity index (χ3n) is 3.77. The van der Waals surface area contributed by atoms with Crippen molar-refractivity contribution in [2.75, 3.05) is 19.6 Å². The smallest absolute Gasteiger partial charge is 0.227 e. The number of carbonyl (C=O) groups excluding carboxylic acids is 1. The molecule has 1 amide bonds. The fourth-order valence-electron chi connectivity index (χ4n) is 2.76. The normalized spacial score (nSPS) is 23.1. The fraction of sp³-hybridized carbons (Fsp3) is 0.615. The van der Waals surface area contributed by atoms with E-state index >= 15 is 0 Å². The summed E-state index contributed by atoms with van der Waals surface area (Å²) < 4.78 is 0. The van der Waals surface area contributed by atoms with Gasteiger partial charge in [0.2, 0.25) is 5.91 Å². The van der Waals surface area contributed by atoms with Crippen LogP contribution in [0.5, 0.6) is 0 Å². The van der Waals surface area contributed by atoms with Crippen LogP contribution < -0.4 is 5.32 Å². The number of halogens is 1. The van der Waals surface area contributed by atoms with Crippen molar-refractivity contribution in [3.8, 4) is 0 Å². The first-order valence-corrected chi connectivity index (χ1v) is 7.27. The average Bonchev–Trinajstić information content (AvgIpc) is 2.86. The molecule has 2 aliphatic heterocycles. The van der Waals surface area contributed by atoms with Crippen molar-refractivity contribution < 1.29 is 4.79 Å². The molecule has 3 heterocycles. The molecule has 1 aromatic heterocycles. The summed E-state index contributed by atoms with van der Waals surface area (Å²) in [5.74, 6) is 0.568. The van der Waals surface area contributed by atoms with Crippen LogP contribution in [-0.4, -0.2) is 30.4 Å². The zero-order valence-corrected chi connectivity index (χ0v) is 12.0. The number of thiophene rings is 1. The molecule has 3 rings (SSSR count). The SMILES string of the molecule is Cl.O=C([C@@H]1CCCNC1)N1CCc2sccc2C1. The van der Waals surface area contributed by atoms with Crippen molar-refractivity contribution >= 4 is 29.7 Å². The van der Waals surface area contributed by atoms with Crippen molar-refractivity contribution in [1.29, 1.82) is 0 Å². The number of amides is 1. The lowest BCUT2D eigenvalue weighted by molar-refractivity contribution is -0.137. The molecule has 0 aromatic carbocycles.